The number of nitro benzene ring substituents is 1. The summed E-state index contributed by atoms with van der Waals surface area (Å²) in [6, 6.07) is 17.2. The molecule has 26 heavy (non-hydrogen) atoms. The summed E-state index contributed by atoms with van der Waals surface area (Å²) in [4.78, 5) is 24.5. The number of nitro groups is 1. The van der Waals surface area contributed by atoms with Crippen molar-refractivity contribution in [1.82, 2.24) is 4.90 Å². The predicted molar refractivity (Wildman–Crippen MR) is 101 cm³/mol. The number of halogens is 1. The van der Waals surface area contributed by atoms with E-state index in [1.54, 1.807) is 19.2 Å². The summed E-state index contributed by atoms with van der Waals surface area (Å²) in [6.07, 6.45) is 0. The minimum atomic E-state index is -0.556. The average molecular weight is 415 g/mol. The van der Waals surface area contributed by atoms with Crippen LogP contribution >= 0.6 is 15.9 Å². The van der Waals surface area contributed by atoms with Crippen molar-refractivity contribution in [3.05, 3.63) is 86.6 Å². The van der Waals surface area contributed by atoms with Crippen LogP contribution in [-0.2, 0) is 6.54 Å². The van der Waals surface area contributed by atoms with Gasteiger partial charge in [-0.25, -0.2) is 0 Å². The van der Waals surface area contributed by atoms with Crippen LogP contribution in [0.2, 0.25) is 0 Å². The van der Waals surface area contributed by atoms with Gasteiger partial charge < -0.3 is 9.32 Å². The zero-order chi connectivity index (χ0) is 18.7. The van der Waals surface area contributed by atoms with Gasteiger partial charge in [-0.1, -0.05) is 40.2 Å². The first-order valence-electron chi connectivity index (χ1n) is 7.79. The number of furan rings is 1. The smallest absolute Gasteiger partial charge is 0.282 e. The van der Waals surface area contributed by atoms with Gasteiger partial charge in [0.15, 0.2) is 0 Å². The summed E-state index contributed by atoms with van der Waals surface area (Å²) in [6.45, 7) is 0.210. The molecule has 0 radical (unpaired) electrons. The highest BCUT2D eigenvalue weighted by Gasteiger charge is 2.22. The summed E-state index contributed by atoms with van der Waals surface area (Å²) in [5, 5.41) is 11.1. The number of hydrogen-bond acceptors (Lipinski definition) is 4. The van der Waals surface area contributed by atoms with Crippen molar-refractivity contribution in [3.8, 4) is 11.3 Å². The second-order valence-electron chi connectivity index (χ2n) is 5.71. The maximum Gasteiger partial charge on any atom is 0.282 e. The van der Waals surface area contributed by atoms with Crippen LogP contribution in [-0.4, -0.2) is 22.8 Å². The molecule has 0 atom stereocenters. The minimum Gasteiger partial charge on any atom is -0.459 e. The molecule has 0 bridgehead atoms. The quantitative estimate of drug-likeness (QED) is 0.439. The minimum absolute atomic E-state index is 0.0553. The first-order chi connectivity index (χ1) is 12.5. The highest BCUT2D eigenvalue weighted by molar-refractivity contribution is 9.10. The molecular weight excluding hydrogens is 400 g/mol. The van der Waals surface area contributed by atoms with Crippen LogP contribution in [0.4, 0.5) is 5.69 Å². The summed E-state index contributed by atoms with van der Waals surface area (Å²) < 4.78 is 6.78. The number of hydrogen-bond donors (Lipinski definition) is 0. The summed E-state index contributed by atoms with van der Waals surface area (Å²) in [5.41, 5.74) is 0.770. The summed E-state index contributed by atoms with van der Waals surface area (Å²) in [5.74, 6) is 0.857. The van der Waals surface area contributed by atoms with Crippen LogP contribution in [0.1, 0.15) is 16.1 Å². The molecule has 1 amide bonds. The molecule has 1 aromatic heterocycles. The Hall–Kier alpha value is -2.93. The second kappa shape index (κ2) is 7.53. The Morgan fingerprint density at radius 3 is 2.50 bits per heavy atom. The molecular formula is C19H15BrN2O4. The summed E-state index contributed by atoms with van der Waals surface area (Å²) in [7, 11) is 1.58. The molecule has 0 saturated heterocycles. The third-order valence-corrected chi connectivity index (χ3v) is 4.39. The van der Waals surface area contributed by atoms with Crippen molar-refractivity contribution in [2.24, 2.45) is 0 Å². The molecule has 0 N–H and O–H groups in total. The van der Waals surface area contributed by atoms with E-state index in [9.17, 15) is 14.9 Å². The van der Waals surface area contributed by atoms with Crippen LogP contribution < -0.4 is 0 Å². The Balaban J connectivity index is 1.76. The van der Waals surface area contributed by atoms with Gasteiger partial charge in [-0.2, -0.15) is 0 Å². The lowest BCUT2D eigenvalue weighted by molar-refractivity contribution is -0.385. The van der Waals surface area contributed by atoms with Gasteiger partial charge in [-0.05, 0) is 30.3 Å². The van der Waals surface area contributed by atoms with E-state index in [0.717, 1.165) is 10.0 Å². The van der Waals surface area contributed by atoms with Gasteiger partial charge in [-0.15, -0.1) is 0 Å². The lowest BCUT2D eigenvalue weighted by Crippen LogP contribution is -2.26. The zero-order valence-electron chi connectivity index (χ0n) is 13.9. The normalized spacial score (nSPS) is 10.5. The number of carbonyl (C=O) groups is 1. The molecule has 0 fully saturated rings. The fraction of sp³-hybridized carbons (Fsp3) is 0.105. The lowest BCUT2D eigenvalue weighted by Gasteiger charge is -2.15. The van der Waals surface area contributed by atoms with E-state index in [1.165, 1.54) is 23.1 Å². The van der Waals surface area contributed by atoms with Crippen LogP contribution in [0, 0.1) is 10.1 Å². The lowest BCUT2D eigenvalue weighted by atomic mass is 10.1. The van der Waals surface area contributed by atoms with Gasteiger partial charge in [0.2, 0.25) is 0 Å². The Bertz CT molecular complexity index is 950. The molecule has 3 rings (SSSR count). The molecule has 0 aliphatic carbocycles. The predicted octanol–water partition coefficient (Wildman–Crippen LogP) is 4.89. The molecule has 7 heteroatoms. The van der Waals surface area contributed by atoms with Gasteiger partial charge >= 0.3 is 0 Å². The largest absolute Gasteiger partial charge is 0.459 e. The van der Waals surface area contributed by atoms with E-state index in [4.69, 9.17) is 4.42 Å². The van der Waals surface area contributed by atoms with Crippen LogP contribution in [0.3, 0.4) is 0 Å². The molecule has 1 heterocycles. The van der Waals surface area contributed by atoms with Gasteiger partial charge in [0.25, 0.3) is 11.6 Å². The van der Waals surface area contributed by atoms with Crippen molar-refractivity contribution in [2.75, 3.05) is 7.05 Å². The topological polar surface area (TPSA) is 76.6 Å². The highest BCUT2D eigenvalue weighted by Crippen LogP contribution is 2.25. The van der Waals surface area contributed by atoms with Crippen molar-refractivity contribution in [1.29, 1.82) is 0 Å². The fourth-order valence-corrected chi connectivity index (χ4v) is 2.82. The van der Waals surface area contributed by atoms with E-state index in [1.807, 2.05) is 30.3 Å². The number of benzene rings is 2. The van der Waals surface area contributed by atoms with Crippen molar-refractivity contribution in [3.63, 3.8) is 0 Å². The Morgan fingerprint density at radius 2 is 1.81 bits per heavy atom. The van der Waals surface area contributed by atoms with Crippen molar-refractivity contribution in [2.45, 2.75) is 6.54 Å². The second-order valence-corrected chi connectivity index (χ2v) is 6.62. The van der Waals surface area contributed by atoms with Gasteiger partial charge in [0.05, 0.1) is 11.5 Å². The van der Waals surface area contributed by atoms with Crippen molar-refractivity contribution < 1.29 is 14.1 Å². The Labute approximate surface area is 158 Å². The zero-order valence-corrected chi connectivity index (χ0v) is 15.5. The van der Waals surface area contributed by atoms with Crippen LogP contribution in [0.15, 0.2) is 69.6 Å². The molecule has 3 aromatic rings. The molecule has 0 saturated carbocycles. The van der Waals surface area contributed by atoms with Crippen LogP contribution in [0.25, 0.3) is 11.3 Å². The van der Waals surface area contributed by atoms with E-state index >= 15 is 0 Å². The monoisotopic (exact) mass is 414 g/mol. The third-order valence-electron chi connectivity index (χ3n) is 3.86. The van der Waals surface area contributed by atoms with E-state index in [2.05, 4.69) is 15.9 Å². The number of amides is 1. The molecule has 0 spiro atoms. The highest BCUT2D eigenvalue weighted by atomic mass is 79.9. The Morgan fingerprint density at radius 1 is 1.12 bits per heavy atom. The number of carbonyl (C=O) groups excluding carboxylic acids is 1. The van der Waals surface area contributed by atoms with Crippen molar-refractivity contribution >= 4 is 27.5 Å². The third kappa shape index (κ3) is 3.83. The molecule has 132 valence electrons. The van der Waals surface area contributed by atoms with E-state index in [-0.39, 0.29) is 17.8 Å². The molecule has 6 nitrogen and oxygen atoms in total. The Kier molecular flexibility index (Phi) is 5.18. The standard InChI is InChI=1S/C19H15BrN2O4/c1-21(19(23)16-4-2-3-5-17(16)22(24)25)12-15-10-11-18(26-15)13-6-8-14(20)9-7-13/h2-11H,12H2,1H3. The van der Waals surface area contributed by atoms with Crippen LogP contribution in [0.5, 0.6) is 0 Å². The number of para-hydroxylation sites is 1. The van der Waals surface area contributed by atoms with E-state index in [0.29, 0.717) is 11.5 Å². The fourth-order valence-electron chi connectivity index (χ4n) is 2.56. The SMILES string of the molecule is CN(Cc1ccc(-c2ccc(Br)cc2)o1)C(=O)c1ccccc1[N+](=O)[O-]. The van der Waals surface area contributed by atoms with E-state index < -0.39 is 10.8 Å². The number of nitrogens with zero attached hydrogens (tertiary/aromatic N) is 2. The maximum atomic E-state index is 12.6. The maximum absolute atomic E-state index is 12.6. The summed E-state index contributed by atoms with van der Waals surface area (Å²) >= 11 is 3.39. The molecule has 0 aliphatic heterocycles. The number of rotatable bonds is 5. The first kappa shape index (κ1) is 17.9. The molecule has 0 unspecified atom stereocenters. The van der Waals surface area contributed by atoms with Gasteiger partial charge in [0.1, 0.15) is 17.1 Å². The van der Waals surface area contributed by atoms with Gasteiger partial charge in [0, 0.05) is 23.2 Å². The molecule has 0 aliphatic rings. The van der Waals surface area contributed by atoms with Gasteiger partial charge in [-0.3, -0.25) is 14.9 Å². The molecule has 2 aromatic carbocycles. The average Bonchev–Trinajstić information content (AvgIpc) is 3.10. The first-order valence-corrected chi connectivity index (χ1v) is 8.58.